The maximum Gasteiger partial charge on any atom is 0.259 e. The van der Waals surface area contributed by atoms with Crippen molar-refractivity contribution in [2.45, 2.75) is 9.79 Å². The van der Waals surface area contributed by atoms with E-state index in [2.05, 4.69) is 31.1 Å². The molecule has 6 N–H and O–H groups in total. The number of nitrogens with one attached hydrogen (secondary N) is 2. The standard InChI is InChI=1S/2C24H19N3O5S.Fe/c2*1-33(31,32)17-11-12-21(28)20(14-17)26-27-22-18-10-6-5-7-15(18)13-19(23(22)29)24(30)25-16-8-3-2-4-9-16;/h2*2-14,28-29H,1H3,(H,25,30);. The number of rotatable bonds is 10. The van der Waals surface area contributed by atoms with E-state index in [9.17, 15) is 46.9 Å². The number of carbonyl (C=O) groups is 2. The van der Waals surface area contributed by atoms with Crippen molar-refractivity contribution in [2.24, 2.45) is 20.5 Å². The summed E-state index contributed by atoms with van der Waals surface area (Å²) >= 11 is 0. The van der Waals surface area contributed by atoms with Crippen LogP contribution in [0.5, 0.6) is 23.0 Å². The summed E-state index contributed by atoms with van der Waals surface area (Å²) in [4.78, 5) is 25.6. The van der Waals surface area contributed by atoms with Crippen LogP contribution >= 0.6 is 0 Å². The first kappa shape index (κ1) is 48.5. The smallest absolute Gasteiger partial charge is 0.259 e. The third-order valence-corrected chi connectivity index (χ3v) is 12.0. The molecule has 0 aliphatic heterocycles. The Balaban J connectivity index is 0.000000218. The minimum Gasteiger partial charge on any atom is -0.506 e. The number of hydrogen-bond acceptors (Lipinski definition) is 14. The third kappa shape index (κ3) is 11.5. The zero-order valence-electron chi connectivity index (χ0n) is 35.2. The van der Waals surface area contributed by atoms with Gasteiger partial charge in [-0.2, -0.15) is 0 Å². The van der Waals surface area contributed by atoms with Gasteiger partial charge in [-0.1, -0.05) is 84.9 Å². The summed E-state index contributed by atoms with van der Waals surface area (Å²) in [5, 5.41) is 65.8. The second-order valence-corrected chi connectivity index (χ2v) is 18.6. The van der Waals surface area contributed by atoms with Crippen LogP contribution < -0.4 is 10.6 Å². The number of fused-ring (bicyclic) bond motifs is 2. The number of para-hydroxylation sites is 2. The number of sulfone groups is 2. The Morgan fingerprint density at radius 2 is 0.791 bits per heavy atom. The number of anilines is 2. The van der Waals surface area contributed by atoms with Crippen molar-refractivity contribution in [2.75, 3.05) is 23.1 Å². The topological polar surface area (TPSA) is 257 Å². The molecular formula is C48H38FeN6O10S2. The maximum absolute atomic E-state index is 12.9. The van der Waals surface area contributed by atoms with E-state index < -0.39 is 43.0 Å². The Bertz CT molecular complexity index is 3240. The van der Waals surface area contributed by atoms with Gasteiger partial charge in [0.25, 0.3) is 11.8 Å². The van der Waals surface area contributed by atoms with E-state index in [0.717, 1.165) is 12.5 Å². The van der Waals surface area contributed by atoms with Crippen molar-refractivity contribution in [3.8, 4) is 23.0 Å². The van der Waals surface area contributed by atoms with Crippen molar-refractivity contribution in [3.05, 3.63) is 169 Å². The minimum absolute atomic E-state index is 0. The fourth-order valence-electron chi connectivity index (χ4n) is 6.46. The zero-order chi connectivity index (χ0) is 47.2. The number of azo groups is 2. The molecule has 2 amide bonds. The monoisotopic (exact) mass is 978 g/mol. The quantitative estimate of drug-likeness (QED) is 0.0558. The molecule has 8 aromatic rings. The molecule has 340 valence electrons. The molecule has 0 aliphatic rings. The van der Waals surface area contributed by atoms with Gasteiger partial charge in [-0.15, -0.1) is 20.5 Å². The summed E-state index contributed by atoms with van der Waals surface area (Å²) in [7, 11) is -7.06. The number of aromatic hydroxyl groups is 4. The summed E-state index contributed by atoms with van der Waals surface area (Å²) in [5.41, 5.74) is 0.912. The number of nitrogens with zero attached hydrogens (tertiary/aromatic N) is 4. The Kier molecular flexibility index (Phi) is 14.8. The van der Waals surface area contributed by atoms with Gasteiger partial charge in [0.15, 0.2) is 31.2 Å². The van der Waals surface area contributed by atoms with Gasteiger partial charge < -0.3 is 31.1 Å². The van der Waals surface area contributed by atoms with Crippen molar-refractivity contribution in [3.63, 3.8) is 0 Å². The van der Waals surface area contributed by atoms with E-state index in [4.69, 9.17) is 0 Å². The number of carbonyl (C=O) groups excluding carboxylic acids is 2. The molecule has 0 fully saturated rings. The molecule has 16 nitrogen and oxygen atoms in total. The number of hydrogen-bond donors (Lipinski definition) is 6. The van der Waals surface area contributed by atoms with Crippen LogP contribution in [0.15, 0.2) is 188 Å². The summed E-state index contributed by atoms with van der Waals surface area (Å²) in [6.45, 7) is 0. The second kappa shape index (κ2) is 20.5. The summed E-state index contributed by atoms with van der Waals surface area (Å²) < 4.78 is 47.3. The van der Waals surface area contributed by atoms with E-state index in [1.807, 2.05) is 12.1 Å². The summed E-state index contributed by atoms with van der Waals surface area (Å²) in [6, 6.07) is 41.9. The third-order valence-electron chi connectivity index (χ3n) is 9.81. The fraction of sp³-hybridized carbons (Fsp3) is 0.0417. The first-order valence-electron chi connectivity index (χ1n) is 19.6. The number of phenolic OH excluding ortho intramolecular Hbond substituents is 4. The molecule has 0 aromatic heterocycles. The van der Waals surface area contributed by atoms with Gasteiger partial charge in [-0.05, 0) is 83.6 Å². The molecule has 8 rings (SSSR count). The van der Waals surface area contributed by atoms with E-state index >= 15 is 0 Å². The van der Waals surface area contributed by atoms with Gasteiger partial charge >= 0.3 is 0 Å². The van der Waals surface area contributed by atoms with E-state index in [-0.39, 0.29) is 72.2 Å². The van der Waals surface area contributed by atoms with Crippen molar-refractivity contribution in [1.82, 2.24) is 0 Å². The SMILES string of the molecule is CS(=O)(=O)c1ccc(O)c(N=Nc2c(O)c(C(=O)Nc3ccccc3)cc3ccccc23)c1.CS(=O)(=O)c1ccc(O)c(N=Nc2c(O)c(C(=O)Nc3ccccc3)cc3ccccc23)c1.[Fe]. The second-order valence-electron chi connectivity index (χ2n) is 14.6. The van der Waals surface area contributed by atoms with Gasteiger partial charge in [0.2, 0.25) is 0 Å². The van der Waals surface area contributed by atoms with Crippen molar-refractivity contribution < 1.29 is 63.9 Å². The van der Waals surface area contributed by atoms with Crippen molar-refractivity contribution >= 4 is 87.2 Å². The van der Waals surface area contributed by atoms with Crippen LogP contribution in [0.4, 0.5) is 34.1 Å². The van der Waals surface area contributed by atoms with Crippen LogP contribution in [0.3, 0.4) is 0 Å². The molecular weight excluding hydrogens is 941 g/mol. The van der Waals surface area contributed by atoms with E-state index in [1.54, 1.807) is 109 Å². The number of amides is 2. The van der Waals surface area contributed by atoms with Crippen LogP contribution in [0, 0.1) is 0 Å². The van der Waals surface area contributed by atoms with Gasteiger partial charge in [0.05, 0.1) is 20.9 Å². The maximum atomic E-state index is 12.9. The molecule has 0 unspecified atom stereocenters. The molecule has 0 aliphatic carbocycles. The molecule has 67 heavy (non-hydrogen) atoms. The van der Waals surface area contributed by atoms with Gasteiger partial charge in [0.1, 0.15) is 34.2 Å². The summed E-state index contributed by atoms with van der Waals surface area (Å²) in [5.74, 6) is -2.44. The normalized spacial score (nSPS) is 11.5. The first-order chi connectivity index (χ1) is 31.5. The Hall–Kier alpha value is -7.96. The molecule has 0 saturated carbocycles. The van der Waals surface area contributed by atoms with Crippen LogP contribution in [0.25, 0.3) is 21.5 Å². The molecule has 0 atom stereocenters. The number of benzene rings is 8. The van der Waals surface area contributed by atoms with Crippen LogP contribution in [-0.2, 0) is 36.7 Å². The van der Waals surface area contributed by atoms with Gasteiger partial charge in [0, 0.05) is 51.7 Å². The minimum atomic E-state index is -3.53. The molecule has 0 saturated heterocycles. The van der Waals surface area contributed by atoms with E-state index in [1.165, 1.54) is 36.4 Å². The molecule has 0 spiro atoms. The fourth-order valence-corrected chi connectivity index (χ4v) is 7.74. The largest absolute Gasteiger partial charge is 0.506 e. The van der Waals surface area contributed by atoms with E-state index in [0.29, 0.717) is 32.9 Å². The predicted octanol–water partition coefficient (Wildman–Crippen LogP) is 10.6. The molecule has 0 radical (unpaired) electrons. The Morgan fingerprint density at radius 1 is 0.448 bits per heavy atom. The predicted molar refractivity (Wildman–Crippen MR) is 251 cm³/mol. The number of phenols is 4. The van der Waals surface area contributed by atoms with Crippen LogP contribution in [0.2, 0.25) is 0 Å². The first-order valence-corrected chi connectivity index (χ1v) is 23.4. The summed E-state index contributed by atoms with van der Waals surface area (Å²) in [6.07, 6.45) is 2.07. The van der Waals surface area contributed by atoms with Crippen LogP contribution in [0.1, 0.15) is 20.7 Å². The Labute approximate surface area is 394 Å². The zero-order valence-corrected chi connectivity index (χ0v) is 37.9. The van der Waals surface area contributed by atoms with Crippen molar-refractivity contribution in [1.29, 1.82) is 0 Å². The molecule has 8 aromatic carbocycles. The molecule has 19 heteroatoms. The molecule has 0 bridgehead atoms. The average Bonchev–Trinajstić information content (AvgIpc) is 3.29. The Morgan fingerprint density at radius 3 is 1.15 bits per heavy atom. The van der Waals surface area contributed by atoms with Gasteiger partial charge in [-0.3, -0.25) is 9.59 Å². The van der Waals surface area contributed by atoms with Crippen LogP contribution in [-0.4, -0.2) is 61.6 Å². The molecule has 0 heterocycles. The van der Waals surface area contributed by atoms with Gasteiger partial charge in [-0.25, -0.2) is 16.8 Å². The average molecular weight is 979 g/mol.